The zero-order valence-corrected chi connectivity index (χ0v) is 24.8. The first-order chi connectivity index (χ1) is 17.0. The Morgan fingerprint density at radius 3 is 1.69 bits per heavy atom. The van der Waals surface area contributed by atoms with Crippen LogP contribution in [-0.4, -0.2) is 75.4 Å². The molecule has 0 radical (unpaired) electrons. The molecule has 1 N–H and O–H groups in total. The van der Waals surface area contributed by atoms with Crippen LogP contribution < -0.4 is 4.89 Å². The molecule has 9 heteroatoms. The second-order valence-corrected chi connectivity index (χ2v) is 12.7. The van der Waals surface area contributed by atoms with Crippen LogP contribution >= 0.6 is 7.82 Å². The maximum Gasteiger partial charge on any atom is 0.268 e. The van der Waals surface area contributed by atoms with E-state index >= 15 is 0 Å². The summed E-state index contributed by atoms with van der Waals surface area (Å²) < 4.78 is 34.3. The minimum atomic E-state index is -5.04. The van der Waals surface area contributed by atoms with Gasteiger partial charge in [-0.1, -0.05) is 103 Å². The quantitative estimate of drug-likeness (QED) is 0.0836. The Morgan fingerprint density at radius 2 is 1.33 bits per heavy atom. The molecular weight excluding hydrogens is 481 g/mol. The average molecular weight is 538 g/mol. The van der Waals surface area contributed by atoms with Crippen molar-refractivity contribution in [2.45, 2.75) is 128 Å². The SMILES string of the molecule is CCCCCCCCCCCCCCCCCC1COC(C(C[N+](C)(C)C)(OC)OP(=O)([O-])O)CO1. The van der Waals surface area contributed by atoms with Gasteiger partial charge in [-0.3, -0.25) is 9.09 Å². The highest BCUT2D eigenvalue weighted by Crippen LogP contribution is 2.41. The topological polar surface area (TPSA) is 97.3 Å². The highest BCUT2D eigenvalue weighted by molar-refractivity contribution is 7.44. The zero-order chi connectivity index (χ0) is 26.9. The summed E-state index contributed by atoms with van der Waals surface area (Å²) in [7, 11) is 1.97. The van der Waals surface area contributed by atoms with E-state index in [4.69, 9.17) is 18.7 Å². The normalized spacial score (nSPS) is 22.3. The highest BCUT2D eigenvalue weighted by Gasteiger charge is 2.50. The average Bonchev–Trinajstić information content (AvgIpc) is 2.79. The lowest BCUT2D eigenvalue weighted by Gasteiger charge is -2.45. The molecule has 1 aliphatic rings. The van der Waals surface area contributed by atoms with E-state index in [-0.39, 0.29) is 19.3 Å². The van der Waals surface area contributed by atoms with Crippen LogP contribution in [0.5, 0.6) is 0 Å². The molecule has 0 spiro atoms. The summed E-state index contributed by atoms with van der Waals surface area (Å²) in [5.74, 6) is -1.65. The molecule has 216 valence electrons. The van der Waals surface area contributed by atoms with Crippen molar-refractivity contribution >= 4 is 7.82 Å². The van der Waals surface area contributed by atoms with E-state index in [1.807, 2.05) is 21.1 Å². The molecule has 8 nitrogen and oxygen atoms in total. The van der Waals surface area contributed by atoms with Gasteiger partial charge in [0.15, 0.2) is 0 Å². The van der Waals surface area contributed by atoms with Crippen LogP contribution in [0.3, 0.4) is 0 Å². The minimum Gasteiger partial charge on any atom is -0.756 e. The van der Waals surface area contributed by atoms with Crippen molar-refractivity contribution < 1.29 is 37.6 Å². The van der Waals surface area contributed by atoms with E-state index in [0.717, 1.165) is 12.8 Å². The maximum atomic E-state index is 11.5. The summed E-state index contributed by atoms with van der Waals surface area (Å²) in [6, 6.07) is 0. The molecule has 1 heterocycles. The van der Waals surface area contributed by atoms with Crippen LogP contribution in [0.4, 0.5) is 0 Å². The second kappa shape index (κ2) is 18.3. The van der Waals surface area contributed by atoms with E-state index in [2.05, 4.69) is 6.92 Å². The second-order valence-electron chi connectivity index (χ2n) is 11.5. The number of nitrogens with zero attached hydrogens (tertiary/aromatic N) is 1. The fourth-order valence-electron chi connectivity index (χ4n) is 4.99. The molecule has 1 fully saturated rings. The van der Waals surface area contributed by atoms with Gasteiger partial charge < -0.3 is 28.5 Å². The molecule has 1 rings (SSSR count). The van der Waals surface area contributed by atoms with Crippen LogP contribution in [0.2, 0.25) is 0 Å². The van der Waals surface area contributed by atoms with Crippen LogP contribution in [-0.2, 0) is 23.3 Å². The molecule has 0 aliphatic carbocycles. The molecule has 1 saturated heterocycles. The zero-order valence-electron chi connectivity index (χ0n) is 23.9. The number of hydrogen-bond acceptors (Lipinski definition) is 6. The molecule has 4 unspecified atom stereocenters. The Morgan fingerprint density at radius 1 is 0.861 bits per heavy atom. The third-order valence-corrected chi connectivity index (χ3v) is 7.44. The molecule has 1 aliphatic heterocycles. The number of unbranched alkanes of at least 4 members (excludes halogenated alkanes) is 14. The third-order valence-electron chi connectivity index (χ3n) is 6.90. The Balaban J connectivity index is 2.15. The third kappa shape index (κ3) is 16.0. The van der Waals surface area contributed by atoms with Crippen LogP contribution in [0, 0.1) is 0 Å². The van der Waals surface area contributed by atoms with E-state index < -0.39 is 19.7 Å². The Bertz CT molecular complexity index is 587. The summed E-state index contributed by atoms with van der Waals surface area (Å²) in [6.07, 6.45) is 20.2. The van der Waals surface area contributed by atoms with Crippen LogP contribution in [0.1, 0.15) is 110 Å². The largest absolute Gasteiger partial charge is 0.756 e. The molecule has 0 saturated carbocycles. The van der Waals surface area contributed by atoms with Crippen molar-refractivity contribution in [3.05, 3.63) is 0 Å². The van der Waals surface area contributed by atoms with Crippen molar-refractivity contribution in [3.63, 3.8) is 0 Å². The van der Waals surface area contributed by atoms with E-state index in [9.17, 15) is 14.4 Å². The number of rotatable bonds is 22. The van der Waals surface area contributed by atoms with Crippen molar-refractivity contribution in [1.82, 2.24) is 0 Å². The monoisotopic (exact) mass is 537 g/mol. The number of quaternary nitrogens is 1. The number of likely N-dealkylation sites (N-methyl/N-ethyl adjacent to an activating group) is 1. The fraction of sp³-hybridized carbons (Fsp3) is 1.00. The van der Waals surface area contributed by atoms with Gasteiger partial charge in [-0.2, -0.15) is 0 Å². The lowest BCUT2D eigenvalue weighted by Crippen LogP contribution is -2.61. The van der Waals surface area contributed by atoms with Gasteiger partial charge in [0, 0.05) is 7.11 Å². The summed E-state index contributed by atoms with van der Waals surface area (Å²) in [5.41, 5.74) is 0. The number of phosphoric ester groups is 1. The summed E-state index contributed by atoms with van der Waals surface area (Å²) in [6.45, 7) is 2.93. The smallest absolute Gasteiger partial charge is 0.268 e. The van der Waals surface area contributed by atoms with E-state index in [1.54, 1.807) is 0 Å². The van der Waals surface area contributed by atoms with Crippen molar-refractivity contribution in [2.24, 2.45) is 0 Å². The number of phosphoric acid groups is 1. The first kappa shape index (κ1) is 34.0. The standard InChI is InChI=1S/C27H56NO7P/c1-6-7-8-9-10-11-12-13-14-15-16-17-18-19-20-21-25-22-34-26(23-33-25)27(32-5,24-28(2,3)4)35-36(29,30)31/h25-26H,6-24H2,1-5H3,(H-,29,30,31). The summed E-state index contributed by atoms with van der Waals surface area (Å²) in [5, 5.41) is 0. The lowest BCUT2D eigenvalue weighted by molar-refractivity contribution is -0.881. The van der Waals surface area contributed by atoms with Gasteiger partial charge in [-0.15, -0.1) is 0 Å². The number of methoxy groups -OCH3 is 1. The van der Waals surface area contributed by atoms with Crippen molar-refractivity contribution in [3.8, 4) is 0 Å². The molecule has 0 aromatic heterocycles. The predicted molar refractivity (Wildman–Crippen MR) is 143 cm³/mol. The van der Waals surface area contributed by atoms with Crippen molar-refractivity contribution in [2.75, 3.05) is 48.0 Å². The van der Waals surface area contributed by atoms with Gasteiger partial charge in [0.2, 0.25) is 0 Å². The van der Waals surface area contributed by atoms with E-state index in [0.29, 0.717) is 11.1 Å². The highest BCUT2D eigenvalue weighted by atomic mass is 31.2. The van der Waals surface area contributed by atoms with Gasteiger partial charge in [0.25, 0.3) is 13.6 Å². The van der Waals surface area contributed by atoms with Gasteiger partial charge in [-0.25, -0.2) is 0 Å². The lowest BCUT2D eigenvalue weighted by atomic mass is 10.0. The molecule has 0 bridgehead atoms. The Kier molecular flexibility index (Phi) is 17.2. The summed E-state index contributed by atoms with van der Waals surface area (Å²) >= 11 is 0. The summed E-state index contributed by atoms with van der Waals surface area (Å²) in [4.78, 5) is 20.9. The number of ether oxygens (including phenoxy) is 3. The molecule has 36 heavy (non-hydrogen) atoms. The van der Waals surface area contributed by atoms with E-state index in [1.165, 1.54) is 97.0 Å². The molecular formula is C27H56NO7P. The minimum absolute atomic E-state index is 0.0184. The molecule has 4 atom stereocenters. The first-order valence-corrected chi connectivity index (χ1v) is 15.8. The van der Waals surface area contributed by atoms with Gasteiger partial charge in [-0.05, 0) is 6.42 Å². The molecule has 0 aromatic carbocycles. The predicted octanol–water partition coefficient (Wildman–Crippen LogP) is 5.56. The maximum absolute atomic E-state index is 11.5. The van der Waals surface area contributed by atoms with Gasteiger partial charge in [0.05, 0.1) is 40.5 Å². The van der Waals surface area contributed by atoms with Crippen LogP contribution in [0.25, 0.3) is 0 Å². The molecule has 0 aromatic rings. The van der Waals surface area contributed by atoms with Crippen LogP contribution in [0.15, 0.2) is 0 Å². The Hall–Kier alpha value is -0.0500. The van der Waals surface area contributed by atoms with Crippen molar-refractivity contribution in [1.29, 1.82) is 0 Å². The first-order valence-electron chi connectivity index (χ1n) is 14.3. The van der Waals surface area contributed by atoms with Gasteiger partial charge in [0.1, 0.15) is 12.6 Å². The number of hydrogen-bond donors (Lipinski definition) is 1. The fourth-order valence-corrected chi connectivity index (χ4v) is 5.63. The Labute approximate surface area is 221 Å². The molecule has 0 amide bonds. The van der Waals surface area contributed by atoms with Gasteiger partial charge >= 0.3 is 0 Å².